The van der Waals surface area contributed by atoms with Crippen LogP contribution < -0.4 is 5.73 Å². The van der Waals surface area contributed by atoms with Gasteiger partial charge in [-0.3, -0.25) is 0 Å². The minimum atomic E-state index is -4.83. The van der Waals surface area contributed by atoms with Gasteiger partial charge in [0.15, 0.2) is 0 Å². The van der Waals surface area contributed by atoms with Gasteiger partial charge in [0.25, 0.3) is 0 Å². The Bertz CT molecular complexity index is 1570. The fraction of sp³-hybridized carbons (Fsp3) is 0.0714. The van der Waals surface area contributed by atoms with E-state index in [1.54, 1.807) is 30.3 Å². The first-order valence-electron chi connectivity index (χ1n) is 11.0. The van der Waals surface area contributed by atoms with Gasteiger partial charge in [-0.2, -0.15) is 13.2 Å². The quantitative estimate of drug-likeness (QED) is 0.252. The van der Waals surface area contributed by atoms with Gasteiger partial charge in [0.2, 0.25) is 0 Å². The molecule has 1 unspecified atom stereocenters. The first-order valence-corrected chi connectivity index (χ1v) is 11.4. The molecule has 4 aromatic carbocycles. The number of halogens is 5. The summed E-state index contributed by atoms with van der Waals surface area (Å²) in [4.78, 5) is 0. The molecule has 1 atom stereocenters. The van der Waals surface area contributed by atoms with Crippen LogP contribution in [0.4, 0.5) is 17.6 Å². The molecule has 0 aliphatic rings. The van der Waals surface area contributed by atoms with Crippen LogP contribution in [0.2, 0.25) is 5.02 Å². The lowest BCUT2D eigenvalue weighted by atomic mass is 9.91. The highest BCUT2D eigenvalue weighted by atomic mass is 35.5. The van der Waals surface area contributed by atoms with Crippen molar-refractivity contribution in [2.24, 2.45) is 5.73 Å². The standard InChI is InChI=1S/C28H18ClF4N3/c29-22-14-6-11-19-23(26(35-36-27(19)22)16-7-2-1-3-8-16)17-9-4-10-18(15-17)25(34)20-12-5-13-21(24(20)30)28(31,32)33/h1-15,25H,34H2. The van der Waals surface area contributed by atoms with Crippen molar-refractivity contribution in [1.82, 2.24) is 10.2 Å². The number of benzene rings is 4. The van der Waals surface area contributed by atoms with E-state index in [0.29, 0.717) is 33.4 Å². The lowest BCUT2D eigenvalue weighted by Crippen LogP contribution is -2.17. The van der Waals surface area contributed by atoms with Crippen LogP contribution in [0.5, 0.6) is 0 Å². The van der Waals surface area contributed by atoms with E-state index in [2.05, 4.69) is 10.2 Å². The maximum absolute atomic E-state index is 14.8. The maximum Gasteiger partial charge on any atom is 0.419 e. The third-order valence-electron chi connectivity index (χ3n) is 5.99. The van der Waals surface area contributed by atoms with Crippen LogP contribution in [0.15, 0.2) is 91.0 Å². The molecule has 5 aromatic rings. The van der Waals surface area contributed by atoms with Crippen LogP contribution in [0.25, 0.3) is 33.3 Å². The van der Waals surface area contributed by atoms with Gasteiger partial charge in [-0.05, 0) is 29.3 Å². The Morgan fingerprint density at radius 3 is 2.22 bits per heavy atom. The molecule has 1 aromatic heterocycles. The van der Waals surface area contributed by atoms with Crippen molar-refractivity contribution in [2.45, 2.75) is 12.2 Å². The third kappa shape index (κ3) is 4.32. The van der Waals surface area contributed by atoms with Gasteiger partial charge in [-0.15, -0.1) is 10.2 Å². The normalized spacial score (nSPS) is 12.6. The molecule has 0 bridgehead atoms. The van der Waals surface area contributed by atoms with Crippen molar-refractivity contribution in [2.75, 3.05) is 0 Å². The number of nitrogens with zero attached hydrogens (tertiary/aromatic N) is 2. The van der Waals surface area contributed by atoms with Crippen LogP contribution in [0, 0.1) is 5.82 Å². The van der Waals surface area contributed by atoms with E-state index in [-0.39, 0.29) is 5.56 Å². The molecular formula is C28H18ClF4N3. The highest BCUT2D eigenvalue weighted by Crippen LogP contribution is 2.39. The Hall–Kier alpha value is -3.81. The SMILES string of the molecule is NC(c1cccc(-c2c(-c3ccccc3)nnc3c(Cl)cccc23)c1)c1cccc(C(F)(F)F)c1F. The number of nitrogens with two attached hydrogens (primary N) is 1. The molecule has 0 aliphatic heterocycles. The Labute approximate surface area is 209 Å². The highest BCUT2D eigenvalue weighted by Gasteiger charge is 2.35. The fourth-order valence-corrected chi connectivity index (χ4v) is 4.48. The average Bonchev–Trinajstić information content (AvgIpc) is 2.88. The van der Waals surface area contributed by atoms with E-state index < -0.39 is 23.6 Å². The molecule has 180 valence electrons. The summed E-state index contributed by atoms with van der Waals surface area (Å²) in [6.07, 6.45) is -4.83. The monoisotopic (exact) mass is 507 g/mol. The zero-order chi connectivity index (χ0) is 25.4. The topological polar surface area (TPSA) is 51.8 Å². The number of fused-ring (bicyclic) bond motifs is 1. The van der Waals surface area contributed by atoms with Gasteiger partial charge in [0.05, 0.1) is 16.6 Å². The van der Waals surface area contributed by atoms with Gasteiger partial charge >= 0.3 is 6.18 Å². The second-order valence-electron chi connectivity index (χ2n) is 8.24. The van der Waals surface area contributed by atoms with Gasteiger partial charge in [-0.1, -0.05) is 84.4 Å². The molecule has 36 heavy (non-hydrogen) atoms. The van der Waals surface area contributed by atoms with Gasteiger partial charge in [0.1, 0.15) is 17.0 Å². The van der Waals surface area contributed by atoms with Crippen molar-refractivity contribution in [3.8, 4) is 22.4 Å². The van der Waals surface area contributed by atoms with Crippen molar-refractivity contribution in [1.29, 1.82) is 0 Å². The first kappa shape index (κ1) is 23.9. The Balaban J connectivity index is 1.69. The third-order valence-corrected chi connectivity index (χ3v) is 6.30. The number of aromatic nitrogens is 2. The minimum absolute atomic E-state index is 0.244. The fourth-order valence-electron chi connectivity index (χ4n) is 4.26. The lowest BCUT2D eigenvalue weighted by Gasteiger charge is -2.18. The zero-order valence-electron chi connectivity index (χ0n) is 18.6. The molecule has 0 spiro atoms. The van der Waals surface area contributed by atoms with Crippen LogP contribution in [0.1, 0.15) is 22.7 Å². The van der Waals surface area contributed by atoms with Crippen molar-refractivity contribution >= 4 is 22.5 Å². The molecule has 0 aliphatic carbocycles. The smallest absolute Gasteiger partial charge is 0.320 e. The van der Waals surface area contributed by atoms with E-state index in [4.69, 9.17) is 17.3 Å². The molecule has 0 saturated carbocycles. The summed E-state index contributed by atoms with van der Waals surface area (Å²) in [5.74, 6) is -1.38. The van der Waals surface area contributed by atoms with Crippen molar-refractivity contribution < 1.29 is 17.6 Å². The number of hydrogen-bond acceptors (Lipinski definition) is 3. The molecule has 1 heterocycles. The zero-order valence-corrected chi connectivity index (χ0v) is 19.4. The Morgan fingerprint density at radius 1 is 0.778 bits per heavy atom. The number of rotatable bonds is 4. The largest absolute Gasteiger partial charge is 0.419 e. The Kier molecular flexibility index (Phi) is 6.20. The van der Waals surface area contributed by atoms with Crippen LogP contribution >= 0.6 is 11.6 Å². The number of alkyl halides is 3. The molecule has 0 amide bonds. The summed E-state index contributed by atoms with van der Waals surface area (Å²) in [6.45, 7) is 0. The summed E-state index contributed by atoms with van der Waals surface area (Å²) in [6, 6.07) is 23.8. The van der Waals surface area contributed by atoms with E-state index in [9.17, 15) is 17.6 Å². The maximum atomic E-state index is 14.8. The molecule has 0 fully saturated rings. The number of hydrogen-bond donors (Lipinski definition) is 1. The second kappa shape index (κ2) is 9.33. The molecular weight excluding hydrogens is 490 g/mol. The summed E-state index contributed by atoms with van der Waals surface area (Å²) < 4.78 is 54.6. The molecule has 2 N–H and O–H groups in total. The van der Waals surface area contributed by atoms with E-state index in [1.807, 2.05) is 42.5 Å². The van der Waals surface area contributed by atoms with E-state index in [0.717, 1.165) is 22.6 Å². The van der Waals surface area contributed by atoms with Crippen LogP contribution in [0.3, 0.4) is 0 Å². The molecule has 5 rings (SSSR count). The van der Waals surface area contributed by atoms with Crippen molar-refractivity contribution in [3.05, 3.63) is 119 Å². The summed E-state index contributed by atoms with van der Waals surface area (Å²) in [7, 11) is 0. The van der Waals surface area contributed by atoms with Crippen molar-refractivity contribution in [3.63, 3.8) is 0 Å². The van der Waals surface area contributed by atoms with Crippen LogP contribution in [-0.2, 0) is 6.18 Å². The molecule has 0 saturated heterocycles. The molecule has 0 radical (unpaired) electrons. The summed E-state index contributed by atoms with van der Waals surface area (Å²) in [5, 5.41) is 9.95. The predicted molar refractivity (Wildman–Crippen MR) is 133 cm³/mol. The van der Waals surface area contributed by atoms with Gasteiger partial charge in [-0.25, -0.2) is 4.39 Å². The predicted octanol–water partition coefficient (Wildman–Crippen LogP) is 7.82. The molecule has 3 nitrogen and oxygen atoms in total. The Morgan fingerprint density at radius 2 is 1.47 bits per heavy atom. The molecule has 8 heteroatoms. The minimum Gasteiger partial charge on any atom is -0.320 e. The highest BCUT2D eigenvalue weighted by molar-refractivity contribution is 6.35. The van der Waals surface area contributed by atoms with E-state index in [1.165, 1.54) is 6.07 Å². The second-order valence-corrected chi connectivity index (χ2v) is 8.64. The van der Waals surface area contributed by atoms with Crippen LogP contribution in [-0.4, -0.2) is 10.2 Å². The van der Waals surface area contributed by atoms with E-state index >= 15 is 0 Å². The lowest BCUT2D eigenvalue weighted by molar-refractivity contribution is -0.140. The average molecular weight is 508 g/mol. The summed E-state index contributed by atoms with van der Waals surface area (Å²) >= 11 is 6.39. The first-order chi connectivity index (χ1) is 17.3. The van der Waals surface area contributed by atoms with Gasteiger partial charge < -0.3 is 5.73 Å². The van der Waals surface area contributed by atoms with Gasteiger partial charge in [0, 0.05) is 22.1 Å². The summed E-state index contributed by atoms with van der Waals surface area (Å²) in [5.41, 5.74) is 8.50.